The molecule has 0 amide bonds. The summed E-state index contributed by atoms with van der Waals surface area (Å²) in [6.07, 6.45) is 5.77. The molecule has 1 atom stereocenters. The zero-order valence-corrected chi connectivity index (χ0v) is 19.5. The molecule has 174 valence electrons. The van der Waals surface area contributed by atoms with Crippen molar-refractivity contribution < 1.29 is 15.0 Å². The maximum atomic E-state index is 12.9. The molecule has 0 radical (unpaired) electrons. The van der Waals surface area contributed by atoms with Crippen LogP contribution in [0.2, 0.25) is 5.02 Å². The average molecular weight is 470 g/mol. The fraction of sp³-hybridized carbons (Fsp3) is 0.360. The Kier molecular flexibility index (Phi) is 6.74. The number of nitrogens with zero attached hydrogens (tertiary/aromatic N) is 2. The smallest absolute Gasteiger partial charge is 0.306 e. The Morgan fingerprint density at radius 3 is 2.67 bits per heavy atom. The third-order valence-corrected chi connectivity index (χ3v) is 6.68. The Morgan fingerprint density at radius 2 is 2.03 bits per heavy atom. The summed E-state index contributed by atoms with van der Waals surface area (Å²) in [4.78, 5) is 29.1. The zero-order valence-electron chi connectivity index (χ0n) is 18.7. The van der Waals surface area contributed by atoms with Crippen molar-refractivity contribution in [3.05, 3.63) is 69.2 Å². The summed E-state index contributed by atoms with van der Waals surface area (Å²) in [5.41, 5.74) is 3.68. The Balaban J connectivity index is 1.67. The van der Waals surface area contributed by atoms with Gasteiger partial charge in [-0.05, 0) is 44.4 Å². The Hall–Kier alpha value is -2.87. The molecule has 1 aromatic carbocycles. The molecule has 2 aromatic heterocycles. The molecule has 33 heavy (non-hydrogen) atoms. The van der Waals surface area contributed by atoms with E-state index in [1.807, 2.05) is 55.3 Å². The van der Waals surface area contributed by atoms with Crippen LogP contribution in [0, 0.1) is 12.8 Å². The van der Waals surface area contributed by atoms with Crippen LogP contribution in [0.5, 0.6) is 0 Å². The molecule has 7 nitrogen and oxygen atoms in total. The number of hydrogen-bond acceptors (Lipinski definition) is 4. The number of likely N-dealkylation sites (tertiary alicyclic amines) is 1. The molecule has 0 aliphatic carbocycles. The Labute approximate surface area is 196 Å². The number of carboxylic acids is 1. The van der Waals surface area contributed by atoms with Crippen LogP contribution >= 0.6 is 11.6 Å². The predicted octanol–water partition coefficient (Wildman–Crippen LogP) is 4.32. The van der Waals surface area contributed by atoms with Gasteiger partial charge in [0.15, 0.2) is 0 Å². The van der Waals surface area contributed by atoms with E-state index in [1.165, 1.54) is 0 Å². The fourth-order valence-corrected chi connectivity index (χ4v) is 4.75. The second-order valence-corrected chi connectivity index (χ2v) is 8.98. The zero-order chi connectivity index (χ0) is 23.7. The summed E-state index contributed by atoms with van der Waals surface area (Å²) in [6, 6.07) is 7.47. The molecule has 1 unspecified atom stereocenters. The van der Waals surface area contributed by atoms with Gasteiger partial charge < -0.3 is 19.8 Å². The van der Waals surface area contributed by atoms with E-state index >= 15 is 0 Å². The number of hydrogen-bond donors (Lipinski definition) is 3. The first kappa shape index (κ1) is 23.3. The number of halogens is 1. The molecule has 8 heteroatoms. The lowest BCUT2D eigenvalue weighted by Gasteiger charge is -2.34. The number of aromatic amines is 1. The highest BCUT2D eigenvalue weighted by Crippen LogP contribution is 2.34. The van der Waals surface area contributed by atoms with Crippen LogP contribution in [0.15, 0.2) is 47.4 Å². The van der Waals surface area contributed by atoms with Gasteiger partial charge in [0, 0.05) is 53.1 Å². The summed E-state index contributed by atoms with van der Waals surface area (Å²) in [5, 5.41) is 21.3. The quantitative estimate of drug-likeness (QED) is 0.467. The predicted molar refractivity (Wildman–Crippen MR) is 129 cm³/mol. The molecule has 1 saturated heterocycles. The van der Waals surface area contributed by atoms with E-state index in [4.69, 9.17) is 11.6 Å². The molecule has 3 heterocycles. The lowest BCUT2D eigenvalue weighted by molar-refractivity contribution is -0.144. The normalized spacial score (nSPS) is 16.6. The van der Waals surface area contributed by atoms with E-state index in [0.717, 1.165) is 22.2 Å². The molecule has 3 N–H and O–H groups in total. The minimum Gasteiger partial charge on any atom is -0.481 e. The molecular weight excluding hydrogens is 442 g/mol. The highest BCUT2D eigenvalue weighted by Gasteiger charge is 2.29. The number of nitrogens with one attached hydrogen (secondary N) is 1. The number of allylic oxidation sites excluding steroid dienone is 2. The van der Waals surface area contributed by atoms with Crippen LogP contribution in [0.3, 0.4) is 0 Å². The first-order valence-electron chi connectivity index (χ1n) is 11.1. The lowest BCUT2D eigenvalue weighted by atomic mass is 9.96. The topological polar surface area (TPSA) is 98.6 Å². The van der Waals surface area contributed by atoms with Gasteiger partial charge in [-0.15, -0.1) is 0 Å². The van der Waals surface area contributed by atoms with Gasteiger partial charge in [-0.2, -0.15) is 0 Å². The first-order chi connectivity index (χ1) is 15.8. The van der Waals surface area contributed by atoms with Gasteiger partial charge in [0.25, 0.3) is 5.56 Å². The number of rotatable bonds is 6. The second kappa shape index (κ2) is 9.55. The summed E-state index contributed by atoms with van der Waals surface area (Å²) in [5.74, 6) is -1.15. The van der Waals surface area contributed by atoms with Crippen LogP contribution < -0.4 is 5.56 Å². The van der Waals surface area contributed by atoms with E-state index < -0.39 is 12.2 Å². The standard InChI is InChI=1S/C25H28ClN3O4/c1-3-4-9-29-14-20(19-12-15(2)27-22(19)24(29)31)17-5-6-18(21(26)13-17)23(30)28-10-7-16(8-11-28)25(32)33/h3-6,12-14,16,23,27,30H,7-11H2,1-2H3,(H,32,33)/b4-3+. The average Bonchev–Trinajstić information content (AvgIpc) is 3.20. The highest BCUT2D eigenvalue weighted by atomic mass is 35.5. The largest absolute Gasteiger partial charge is 0.481 e. The number of aliphatic hydroxyl groups excluding tert-OH is 1. The van der Waals surface area contributed by atoms with Gasteiger partial charge in [0.05, 0.1) is 5.92 Å². The van der Waals surface area contributed by atoms with Crippen molar-refractivity contribution in [3.63, 3.8) is 0 Å². The third-order valence-electron chi connectivity index (χ3n) is 6.35. The van der Waals surface area contributed by atoms with Crippen LogP contribution in [0.4, 0.5) is 0 Å². The van der Waals surface area contributed by atoms with Crippen molar-refractivity contribution in [2.24, 2.45) is 5.92 Å². The summed E-state index contributed by atoms with van der Waals surface area (Å²) < 4.78 is 1.66. The van der Waals surface area contributed by atoms with Crippen LogP contribution in [0.25, 0.3) is 22.0 Å². The number of H-pyrrole nitrogens is 1. The van der Waals surface area contributed by atoms with E-state index in [0.29, 0.717) is 48.6 Å². The number of carboxylic acid groups (broad SMARTS) is 1. The number of aromatic nitrogens is 2. The van der Waals surface area contributed by atoms with Crippen LogP contribution in [-0.2, 0) is 11.3 Å². The minimum absolute atomic E-state index is 0.0807. The highest BCUT2D eigenvalue weighted by molar-refractivity contribution is 6.31. The van der Waals surface area contributed by atoms with Gasteiger partial charge >= 0.3 is 5.97 Å². The van der Waals surface area contributed by atoms with Gasteiger partial charge in [0.1, 0.15) is 11.7 Å². The summed E-state index contributed by atoms with van der Waals surface area (Å²) in [6.45, 7) is 5.29. The number of aliphatic carboxylic acids is 1. The fourth-order valence-electron chi connectivity index (χ4n) is 4.47. The van der Waals surface area contributed by atoms with E-state index in [1.54, 1.807) is 10.6 Å². The molecule has 1 aliphatic rings. The third kappa shape index (κ3) is 4.62. The van der Waals surface area contributed by atoms with Gasteiger partial charge in [-0.1, -0.05) is 35.9 Å². The summed E-state index contributed by atoms with van der Waals surface area (Å²) >= 11 is 6.62. The van der Waals surface area contributed by atoms with Crippen molar-refractivity contribution >= 4 is 28.5 Å². The Bertz CT molecular complexity index is 1270. The summed E-state index contributed by atoms with van der Waals surface area (Å²) in [7, 11) is 0. The van der Waals surface area contributed by atoms with Crippen LogP contribution in [-0.4, -0.2) is 43.7 Å². The monoisotopic (exact) mass is 469 g/mol. The number of aliphatic hydroxyl groups is 1. The second-order valence-electron chi connectivity index (χ2n) is 8.57. The number of fused-ring (bicyclic) bond motifs is 1. The van der Waals surface area contributed by atoms with E-state index in [9.17, 15) is 19.8 Å². The number of pyridine rings is 1. The van der Waals surface area contributed by atoms with E-state index in [2.05, 4.69) is 4.98 Å². The van der Waals surface area contributed by atoms with Gasteiger partial charge in [-0.3, -0.25) is 14.5 Å². The lowest BCUT2D eigenvalue weighted by Crippen LogP contribution is -2.38. The molecule has 0 saturated carbocycles. The first-order valence-corrected chi connectivity index (χ1v) is 11.5. The molecule has 1 fully saturated rings. The van der Waals surface area contributed by atoms with Gasteiger partial charge in [-0.25, -0.2) is 0 Å². The number of carbonyl (C=O) groups is 1. The van der Waals surface area contributed by atoms with Crippen molar-refractivity contribution in [2.75, 3.05) is 13.1 Å². The minimum atomic E-state index is -0.903. The molecule has 1 aliphatic heterocycles. The maximum absolute atomic E-state index is 12.9. The molecule has 4 rings (SSSR count). The van der Waals surface area contributed by atoms with Crippen molar-refractivity contribution in [1.29, 1.82) is 0 Å². The van der Waals surface area contributed by atoms with Gasteiger partial charge in [0.2, 0.25) is 0 Å². The van der Waals surface area contributed by atoms with Crippen LogP contribution in [0.1, 0.15) is 37.3 Å². The molecule has 3 aromatic rings. The SMILES string of the molecule is C/C=C/Cn1cc(-c2ccc(C(O)N3CCC(C(=O)O)CC3)c(Cl)c2)c2cc(C)[nH]c2c1=O. The number of aryl methyl sites for hydroxylation is 1. The number of benzene rings is 1. The molecule has 0 spiro atoms. The van der Waals surface area contributed by atoms with Crippen molar-refractivity contribution in [3.8, 4) is 11.1 Å². The van der Waals surface area contributed by atoms with E-state index in [-0.39, 0.29) is 11.5 Å². The van der Waals surface area contributed by atoms with Crippen molar-refractivity contribution in [2.45, 2.75) is 39.5 Å². The molecule has 0 bridgehead atoms. The van der Waals surface area contributed by atoms with Crippen molar-refractivity contribution in [1.82, 2.24) is 14.5 Å². The maximum Gasteiger partial charge on any atom is 0.306 e. The molecular formula is C25H28ClN3O4. The Morgan fingerprint density at radius 1 is 1.30 bits per heavy atom. The number of piperidine rings is 1.